The number of nitrogens with zero attached hydrogens (tertiary/aromatic N) is 1. The van der Waals surface area contributed by atoms with Crippen LogP contribution in [0.15, 0.2) is 36.4 Å². The van der Waals surface area contributed by atoms with Gasteiger partial charge in [-0.15, -0.1) is 0 Å². The molecule has 0 saturated heterocycles. The first-order valence-corrected chi connectivity index (χ1v) is 7.98. The summed E-state index contributed by atoms with van der Waals surface area (Å²) < 4.78 is 0. The van der Waals surface area contributed by atoms with Crippen molar-refractivity contribution in [3.63, 3.8) is 0 Å². The maximum atomic E-state index is 12.9. The molecule has 118 valence electrons. The van der Waals surface area contributed by atoms with Crippen molar-refractivity contribution in [1.29, 1.82) is 0 Å². The lowest BCUT2D eigenvalue weighted by Crippen LogP contribution is -2.55. The van der Waals surface area contributed by atoms with Gasteiger partial charge in [0.05, 0.1) is 0 Å². The van der Waals surface area contributed by atoms with Gasteiger partial charge in [0, 0.05) is 34.6 Å². The molecule has 2 aromatic carbocycles. The minimum atomic E-state index is -0.216. The Hall–Kier alpha value is -2.24. The Kier molecular flexibility index (Phi) is 3.21. The van der Waals surface area contributed by atoms with E-state index in [4.69, 9.17) is 11.5 Å². The summed E-state index contributed by atoms with van der Waals surface area (Å²) in [6, 6.07) is 10.7. The van der Waals surface area contributed by atoms with Gasteiger partial charge in [-0.1, -0.05) is 24.3 Å². The third-order valence-electron chi connectivity index (χ3n) is 5.10. The molecule has 0 spiro atoms. The Balaban J connectivity index is 1.80. The van der Waals surface area contributed by atoms with E-state index in [-0.39, 0.29) is 29.9 Å². The molecule has 1 aliphatic heterocycles. The Labute approximate surface area is 134 Å². The van der Waals surface area contributed by atoms with Crippen molar-refractivity contribution in [1.82, 2.24) is 4.90 Å². The Morgan fingerprint density at radius 2 is 1.48 bits per heavy atom. The summed E-state index contributed by atoms with van der Waals surface area (Å²) in [6.07, 6.45) is 2.01. The average molecular weight is 309 g/mol. The van der Waals surface area contributed by atoms with E-state index in [9.17, 15) is 9.59 Å². The quantitative estimate of drug-likeness (QED) is 0.784. The van der Waals surface area contributed by atoms with Crippen molar-refractivity contribution in [3.8, 4) is 0 Å². The van der Waals surface area contributed by atoms with Gasteiger partial charge in [0.25, 0.3) is 11.8 Å². The molecular weight excluding hydrogens is 290 g/mol. The van der Waals surface area contributed by atoms with E-state index in [1.807, 2.05) is 24.3 Å². The number of imide groups is 1. The molecule has 2 aromatic rings. The van der Waals surface area contributed by atoms with E-state index in [0.717, 1.165) is 17.2 Å². The van der Waals surface area contributed by atoms with Gasteiger partial charge in [-0.05, 0) is 36.8 Å². The summed E-state index contributed by atoms with van der Waals surface area (Å²) in [6.45, 7) is 0. The molecule has 4 rings (SSSR count). The fraction of sp³-hybridized carbons (Fsp3) is 0.333. The molecule has 2 amide bonds. The molecule has 1 saturated carbocycles. The number of carbonyl (C=O) groups excluding carboxylic acids is 2. The van der Waals surface area contributed by atoms with Crippen LogP contribution in [0.25, 0.3) is 10.8 Å². The van der Waals surface area contributed by atoms with E-state index in [0.29, 0.717) is 24.0 Å². The van der Waals surface area contributed by atoms with Crippen molar-refractivity contribution < 1.29 is 9.59 Å². The Morgan fingerprint density at radius 1 is 0.870 bits per heavy atom. The van der Waals surface area contributed by atoms with E-state index in [2.05, 4.69) is 0 Å². The summed E-state index contributed by atoms with van der Waals surface area (Å²) in [5.41, 5.74) is 13.2. The van der Waals surface area contributed by atoms with Crippen LogP contribution in [-0.2, 0) is 0 Å². The van der Waals surface area contributed by atoms with Crippen LogP contribution in [0.1, 0.15) is 40.0 Å². The maximum absolute atomic E-state index is 12.9. The number of benzene rings is 2. The fourth-order valence-corrected chi connectivity index (χ4v) is 3.82. The van der Waals surface area contributed by atoms with Crippen LogP contribution in [-0.4, -0.2) is 34.8 Å². The highest BCUT2D eigenvalue weighted by Crippen LogP contribution is 2.33. The molecule has 0 aromatic heterocycles. The van der Waals surface area contributed by atoms with Crippen molar-refractivity contribution in [2.75, 3.05) is 0 Å². The second-order valence-electron chi connectivity index (χ2n) is 6.48. The Morgan fingerprint density at radius 3 is 2.04 bits per heavy atom. The average Bonchev–Trinajstić information content (AvgIpc) is 2.56. The number of carbonyl (C=O) groups is 2. The molecular formula is C18H19N3O2. The van der Waals surface area contributed by atoms with Crippen LogP contribution in [0.4, 0.5) is 0 Å². The van der Waals surface area contributed by atoms with Crippen molar-refractivity contribution in [2.24, 2.45) is 11.5 Å². The first-order chi connectivity index (χ1) is 11.1. The molecule has 1 aliphatic carbocycles. The lowest BCUT2D eigenvalue weighted by atomic mass is 9.85. The molecule has 0 bridgehead atoms. The van der Waals surface area contributed by atoms with Crippen LogP contribution in [0.5, 0.6) is 0 Å². The van der Waals surface area contributed by atoms with Crippen LogP contribution in [0, 0.1) is 0 Å². The van der Waals surface area contributed by atoms with Gasteiger partial charge in [-0.25, -0.2) is 0 Å². The van der Waals surface area contributed by atoms with E-state index in [1.54, 1.807) is 12.1 Å². The van der Waals surface area contributed by atoms with E-state index in [1.165, 1.54) is 4.90 Å². The highest BCUT2D eigenvalue weighted by atomic mass is 16.2. The third kappa shape index (κ3) is 2.08. The molecule has 23 heavy (non-hydrogen) atoms. The normalized spacial score (nSPS) is 27.6. The highest BCUT2D eigenvalue weighted by Gasteiger charge is 2.40. The van der Waals surface area contributed by atoms with Crippen LogP contribution < -0.4 is 11.5 Å². The molecule has 5 heteroatoms. The summed E-state index contributed by atoms with van der Waals surface area (Å²) >= 11 is 0. The van der Waals surface area contributed by atoms with Gasteiger partial charge in [0.2, 0.25) is 0 Å². The highest BCUT2D eigenvalue weighted by molar-refractivity contribution is 6.25. The van der Waals surface area contributed by atoms with Crippen molar-refractivity contribution in [2.45, 2.75) is 37.4 Å². The minimum absolute atomic E-state index is 0.0584. The second-order valence-corrected chi connectivity index (χ2v) is 6.48. The van der Waals surface area contributed by atoms with Crippen molar-refractivity contribution >= 4 is 22.6 Å². The third-order valence-corrected chi connectivity index (χ3v) is 5.10. The van der Waals surface area contributed by atoms with Crippen molar-refractivity contribution in [3.05, 3.63) is 47.5 Å². The SMILES string of the molecule is NC1CCC(N2C(=O)c3cccc4cccc(c34)C2=O)CC1N. The zero-order valence-electron chi connectivity index (χ0n) is 12.7. The first-order valence-electron chi connectivity index (χ1n) is 7.98. The summed E-state index contributed by atoms with van der Waals surface area (Å²) in [4.78, 5) is 27.3. The number of amides is 2. The zero-order chi connectivity index (χ0) is 16.1. The lowest BCUT2D eigenvalue weighted by Gasteiger charge is -2.39. The maximum Gasteiger partial charge on any atom is 0.261 e. The van der Waals surface area contributed by atoms with E-state index < -0.39 is 0 Å². The first kappa shape index (κ1) is 14.4. The molecule has 2 aliphatic rings. The van der Waals surface area contributed by atoms with Gasteiger partial charge in [-0.3, -0.25) is 14.5 Å². The van der Waals surface area contributed by atoms with E-state index >= 15 is 0 Å². The molecule has 3 unspecified atom stereocenters. The standard InChI is InChI=1S/C18H19N3O2/c19-14-8-7-11(9-15(14)20)21-17(22)12-5-1-3-10-4-2-6-13(16(10)12)18(21)23/h1-6,11,14-15H,7-9,19-20H2. The number of nitrogens with two attached hydrogens (primary N) is 2. The van der Waals surface area contributed by atoms with Crippen LogP contribution in [0.3, 0.4) is 0 Å². The predicted molar refractivity (Wildman–Crippen MR) is 88.0 cm³/mol. The van der Waals surface area contributed by atoms with Crippen LogP contribution in [0.2, 0.25) is 0 Å². The Bertz CT molecular complexity index is 766. The molecule has 5 nitrogen and oxygen atoms in total. The molecule has 1 heterocycles. The fourth-order valence-electron chi connectivity index (χ4n) is 3.82. The number of rotatable bonds is 1. The van der Waals surface area contributed by atoms with Gasteiger partial charge in [0.1, 0.15) is 0 Å². The molecule has 0 radical (unpaired) electrons. The second kappa shape index (κ2) is 5.15. The van der Waals surface area contributed by atoms with Gasteiger partial charge < -0.3 is 11.5 Å². The van der Waals surface area contributed by atoms with Crippen LogP contribution >= 0.6 is 0 Å². The summed E-state index contributed by atoms with van der Waals surface area (Å²) in [5, 5.41) is 1.68. The zero-order valence-corrected chi connectivity index (χ0v) is 12.7. The topological polar surface area (TPSA) is 89.4 Å². The number of hydrogen-bond acceptors (Lipinski definition) is 4. The minimum Gasteiger partial charge on any atom is -0.326 e. The number of hydrogen-bond donors (Lipinski definition) is 2. The van der Waals surface area contributed by atoms with Gasteiger partial charge >= 0.3 is 0 Å². The summed E-state index contributed by atoms with van der Waals surface area (Å²) in [5.74, 6) is -0.432. The largest absolute Gasteiger partial charge is 0.326 e. The molecule has 4 N–H and O–H groups in total. The monoisotopic (exact) mass is 309 g/mol. The lowest BCUT2D eigenvalue weighted by molar-refractivity contribution is 0.0488. The van der Waals surface area contributed by atoms with Gasteiger partial charge in [-0.2, -0.15) is 0 Å². The smallest absolute Gasteiger partial charge is 0.261 e. The van der Waals surface area contributed by atoms with Gasteiger partial charge in [0.15, 0.2) is 0 Å². The molecule has 3 atom stereocenters. The predicted octanol–water partition coefficient (Wildman–Crippen LogP) is 1.64. The molecule has 1 fully saturated rings. The summed E-state index contributed by atoms with van der Waals surface area (Å²) in [7, 11) is 0.